The molecular formula is C14H8ClFN2. The topological polar surface area (TPSA) is 25.8 Å². The number of benzene rings is 2. The van der Waals surface area contributed by atoms with Gasteiger partial charge in [0.05, 0.1) is 16.1 Å². The van der Waals surface area contributed by atoms with Crippen molar-refractivity contribution >= 4 is 22.6 Å². The first-order valence-electron chi connectivity index (χ1n) is 5.41. The minimum absolute atomic E-state index is 0.342. The van der Waals surface area contributed by atoms with Gasteiger partial charge in [-0.05, 0) is 29.8 Å². The average molecular weight is 259 g/mol. The van der Waals surface area contributed by atoms with Crippen molar-refractivity contribution in [2.24, 2.45) is 0 Å². The molecule has 0 spiro atoms. The molecule has 1 heterocycles. The van der Waals surface area contributed by atoms with Gasteiger partial charge in [0.25, 0.3) is 0 Å². The molecule has 0 atom stereocenters. The van der Waals surface area contributed by atoms with E-state index in [0.717, 1.165) is 5.52 Å². The Balaban J connectivity index is 2.26. The lowest BCUT2D eigenvalue weighted by Crippen LogP contribution is -1.88. The molecule has 0 bridgehead atoms. The molecule has 3 aromatic rings. The summed E-state index contributed by atoms with van der Waals surface area (Å²) in [6.45, 7) is 0. The summed E-state index contributed by atoms with van der Waals surface area (Å²) >= 11 is 6.04. The van der Waals surface area contributed by atoms with E-state index < -0.39 is 0 Å². The van der Waals surface area contributed by atoms with Gasteiger partial charge in [-0.25, -0.2) is 4.39 Å². The van der Waals surface area contributed by atoms with Crippen LogP contribution in [0, 0.1) is 5.82 Å². The quantitative estimate of drug-likeness (QED) is 0.657. The standard InChI is InChI=1S/C14H8ClFN2/c15-10-2-1-3-11(16)14(10)9-4-5-12-13(8-9)18-7-6-17-12/h1-8H. The largest absolute Gasteiger partial charge is 0.253 e. The highest BCUT2D eigenvalue weighted by Gasteiger charge is 2.10. The Labute approximate surface area is 108 Å². The van der Waals surface area contributed by atoms with Gasteiger partial charge in [-0.1, -0.05) is 23.7 Å². The van der Waals surface area contributed by atoms with E-state index in [-0.39, 0.29) is 5.82 Å². The number of rotatable bonds is 1. The van der Waals surface area contributed by atoms with E-state index in [9.17, 15) is 4.39 Å². The lowest BCUT2D eigenvalue weighted by molar-refractivity contribution is 0.631. The van der Waals surface area contributed by atoms with Crippen LogP contribution in [0.2, 0.25) is 5.02 Å². The lowest BCUT2D eigenvalue weighted by atomic mass is 10.0. The third kappa shape index (κ3) is 1.83. The number of halogens is 2. The van der Waals surface area contributed by atoms with Crippen molar-refractivity contribution in [1.29, 1.82) is 0 Å². The van der Waals surface area contributed by atoms with Crippen LogP contribution in [0.4, 0.5) is 4.39 Å². The minimum atomic E-state index is -0.342. The molecule has 0 aliphatic heterocycles. The van der Waals surface area contributed by atoms with Crippen molar-refractivity contribution in [2.75, 3.05) is 0 Å². The van der Waals surface area contributed by atoms with Gasteiger partial charge in [0.1, 0.15) is 5.82 Å². The third-order valence-corrected chi connectivity index (χ3v) is 3.04. The predicted octanol–water partition coefficient (Wildman–Crippen LogP) is 4.09. The highest BCUT2D eigenvalue weighted by molar-refractivity contribution is 6.33. The molecule has 1 aromatic heterocycles. The fourth-order valence-corrected chi connectivity index (χ4v) is 2.16. The molecule has 4 heteroatoms. The Bertz CT molecular complexity index is 708. The van der Waals surface area contributed by atoms with Crippen LogP contribution >= 0.6 is 11.6 Å². The number of hydrogen-bond acceptors (Lipinski definition) is 2. The van der Waals surface area contributed by atoms with E-state index in [0.29, 0.717) is 21.7 Å². The van der Waals surface area contributed by atoms with Gasteiger partial charge in [0, 0.05) is 18.0 Å². The zero-order valence-corrected chi connectivity index (χ0v) is 10.0. The molecule has 0 amide bonds. The fourth-order valence-electron chi connectivity index (χ4n) is 1.89. The summed E-state index contributed by atoms with van der Waals surface area (Å²) in [5.41, 5.74) is 2.58. The van der Waals surface area contributed by atoms with Crippen LogP contribution < -0.4 is 0 Å². The highest BCUT2D eigenvalue weighted by Crippen LogP contribution is 2.31. The van der Waals surface area contributed by atoms with Crippen molar-refractivity contribution in [2.45, 2.75) is 0 Å². The maximum absolute atomic E-state index is 13.8. The van der Waals surface area contributed by atoms with Crippen molar-refractivity contribution in [1.82, 2.24) is 9.97 Å². The van der Waals surface area contributed by atoms with Crippen molar-refractivity contribution < 1.29 is 4.39 Å². The Morgan fingerprint density at radius 3 is 2.50 bits per heavy atom. The monoisotopic (exact) mass is 258 g/mol. The smallest absolute Gasteiger partial charge is 0.132 e. The average Bonchev–Trinajstić information content (AvgIpc) is 2.38. The first kappa shape index (κ1) is 11.1. The van der Waals surface area contributed by atoms with Crippen LogP contribution in [-0.4, -0.2) is 9.97 Å². The summed E-state index contributed by atoms with van der Waals surface area (Å²) in [5, 5.41) is 0.387. The fraction of sp³-hybridized carbons (Fsp3) is 0. The third-order valence-electron chi connectivity index (χ3n) is 2.72. The second-order valence-corrected chi connectivity index (χ2v) is 4.26. The zero-order chi connectivity index (χ0) is 12.5. The first-order valence-corrected chi connectivity index (χ1v) is 5.78. The Morgan fingerprint density at radius 2 is 1.72 bits per heavy atom. The normalized spacial score (nSPS) is 10.8. The molecule has 0 fully saturated rings. The Morgan fingerprint density at radius 1 is 0.944 bits per heavy atom. The van der Waals surface area contributed by atoms with Gasteiger partial charge in [-0.3, -0.25) is 9.97 Å². The van der Waals surface area contributed by atoms with Gasteiger partial charge in [0.15, 0.2) is 0 Å². The summed E-state index contributed by atoms with van der Waals surface area (Å²) in [4.78, 5) is 8.37. The van der Waals surface area contributed by atoms with E-state index in [1.165, 1.54) is 6.07 Å². The van der Waals surface area contributed by atoms with Gasteiger partial charge in [-0.2, -0.15) is 0 Å². The van der Waals surface area contributed by atoms with Crippen LogP contribution in [0.15, 0.2) is 48.8 Å². The second kappa shape index (κ2) is 4.35. The van der Waals surface area contributed by atoms with Crippen LogP contribution in [0.25, 0.3) is 22.2 Å². The molecule has 2 nitrogen and oxygen atoms in total. The lowest BCUT2D eigenvalue weighted by Gasteiger charge is -2.06. The number of aromatic nitrogens is 2. The van der Waals surface area contributed by atoms with Crippen LogP contribution in [0.5, 0.6) is 0 Å². The predicted molar refractivity (Wildman–Crippen MR) is 69.9 cm³/mol. The van der Waals surface area contributed by atoms with Crippen LogP contribution in [0.1, 0.15) is 0 Å². The van der Waals surface area contributed by atoms with Crippen molar-refractivity contribution in [3.05, 3.63) is 59.6 Å². The minimum Gasteiger partial charge on any atom is -0.253 e. The molecule has 18 heavy (non-hydrogen) atoms. The first-order chi connectivity index (χ1) is 8.75. The molecule has 0 radical (unpaired) electrons. The molecule has 0 saturated carbocycles. The van der Waals surface area contributed by atoms with E-state index in [1.54, 1.807) is 42.7 Å². The summed E-state index contributed by atoms with van der Waals surface area (Å²) in [6.07, 6.45) is 3.23. The number of hydrogen-bond donors (Lipinski definition) is 0. The number of fused-ring (bicyclic) bond motifs is 1. The van der Waals surface area contributed by atoms with Gasteiger partial charge in [0.2, 0.25) is 0 Å². The van der Waals surface area contributed by atoms with Crippen LogP contribution in [0.3, 0.4) is 0 Å². The van der Waals surface area contributed by atoms with Crippen LogP contribution in [-0.2, 0) is 0 Å². The molecule has 0 N–H and O–H groups in total. The second-order valence-electron chi connectivity index (χ2n) is 3.86. The van der Waals surface area contributed by atoms with E-state index in [4.69, 9.17) is 11.6 Å². The van der Waals surface area contributed by atoms with E-state index in [2.05, 4.69) is 9.97 Å². The molecule has 0 unspecified atom stereocenters. The molecular weight excluding hydrogens is 251 g/mol. The highest BCUT2D eigenvalue weighted by atomic mass is 35.5. The van der Waals surface area contributed by atoms with Crippen molar-refractivity contribution in [3.63, 3.8) is 0 Å². The van der Waals surface area contributed by atoms with Crippen molar-refractivity contribution in [3.8, 4) is 11.1 Å². The summed E-state index contributed by atoms with van der Waals surface area (Å²) in [6, 6.07) is 10.0. The molecule has 2 aromatic carbocycles. The summed E-state index contributed by atoms with van der Waals surface area (Å²) < 4.78 is 13.8. The Kier molecular flexibility index (Phi) is 2.68. The van der Waals surface area contributed by atoms with Gasteiger partial charge < -0.3 is 0 Å². The van der Waals surface area contributed by atoms with Gasteiger partial charge >= 0.3 is 0 Å². The molecule has 88 valence electrons. The summed E-state index contributed by atoms with van der Waals surface area (Å²) in [7, 11) is 0. The maximum Gasteiger partial charge on any atom is 0.132 e. The SMILES string of the molecule is Fc1cccc(Cl)c1-c1ccc2nccnc2c1. The van der Waals surface area contributed by atoms with Gasteiger partial charge in [-0.15, -0.1) is 0 Å². The number of nitrogens with zero attached hydrogens (tertiary/aromatic N) is 2. The Hall–Kier alpha value is -2.00. The molecule has 0 aliphatic carbocycles. The zero-order valence-electron chi connectivity index (χ0n) is 9.27. The van der Waals surface area contributed by atoms with E-state index >= 15 is 0 Å². The van der Waals surface area contributed by atoms with E-state index in [1.807, 2.05) is 0 Å². The summed E-state index contributed by atoms with van der Waals surface area (Å²) in [5.74, 6) is -0.342. The molecule has 3 rings (SSSR count). The molecule has 0 aliphatic rings. The molecule has 0 saturated heterocycles. The maximum atomic E-state index is 13.8.